The summed E-state index contributed by atoms with van der Waals surface area (Å²) in [6.07, 6.45) is 5.33. The van der Waals surface area contributed by atoms with Gasteiger partial charge in [-0.3, -0.25) is 9.59 Å². The number of amides is 2. The average Bonchev–Trinajstić information content (AvgIpc) is 3.52. The average molecular weight is 460 g/mol. The van der Waals surface area contributed by atoms with Crippen molar-refractivity contribution in [3.63, 3.8) is 0 Å². The SMILES string of the molecule is O=C(CCc1c(-c2ccc(F)cc2)[nH]c2ccccc12)NC1CCN(C(=O)c2ccoc2)CC1. The molecule has 3 heterocycles. The third kappa shape index (κ3) is 4.59. The molecule has 0 bridgehead atoms. The van der Waals surface area contributed by atoms with E-state index in [4.69, 9.17) is 4.42 Å². The molecule has 2 amide bonds. The molecule has 0 spiro atoms. The molecule has 0 radical (unpaired) electrons. The minimum Gasteiger partial charge on any atom is -0.472 e. The van der Waals surface area contributed by atoms with Crippen molar-refractivity contribution in [1.82, 2.24) is 15.2 Å². The molecule has 5 rings (SSSR count). The van der Waals surface area contributed by atoms with Crippen LogP contribution in [0.5, 0.6) is 0 Å². The van der Waals surface area contributed by atoms with E-state index in [1.54, 1.807) is 23.1 Å². The second kappa shape index (κ2) is 9.55. The molecule has 4 aromatic rings. The summed E-state index contributed by atoms with van der Waals surface area (Å²) < 4.78 is 18.4. The third-order valence-electron chi connectivity index (χ3n) is 6.46. The first-order chi connectivity index (χ1) is 16.6. The van der Waals surface area contributed by atoms with E-state index in [0.29, 0.717) is 31.5 Å². The molecule has 2 aromatic heterocycles. The van der Waals surface area contributed by atoms with Crippen molar-refractivity contribution in [1.29, 1.82) is 0 Å². The van der Waals surface area contributed by atoms with Crippen LogP contribution in [-0.2, 0) is 11.2 Å². The summed E-state index contributed by atoms with van der Waals surface area (Å²) >= 11 is 0. The molecule has 1 saturated heterocycles. The van der Waals surface area contributed by atoms with Crippen LogP contribution < -0.4 is 5.32 Å². The first-order valence-corrected chi connectivity index (χ1v) is 11.5. The molecule has 1 aliphatic heterocycles. The van der Waals surface area contributed by atoms with Crippen LogP contribution in [0.3, 0.4) is 0 Å². The van der Waals surface area contributed by atoms with Crippen molar-refractivity contribution in [2.24, 2.45) is 0 Å². The number of hydrogen-bond donors (Lipinski definition) is 2. The molecule has 0 aliphatic carbocycles. The minimum atomic E-state index is -0.279. The highest BCUT2D eigenvalue weighted by atomic mass is 19.1. The number of rotatable bonds is 6. The number of carbonyl (C=O) groups excluding carboxylic acids is 2. The topological polar surface area (TPSA) is 78.3 Å². The van der Waals surface area contributed by atoms with Gasteiger partial charge in [-0.2, -0.15) is 0 Å². The van der Waals surface area contributed by atoms with Gasteiger partial charge < -0.3 is 19.6 Å². The number of hydrogen-bond acceptors (Lipinski definition) is 3. The lowest BCUT2D eigenvalue weighted by atomic mass is 10.00. The van der Waals surface area contributed by atoms with Crippen molar-refractivity contribution in [2.45, 2.75) is 31.7 Å². The minimum absolute atomic E-state index is 0.00468. The number of furan rings is 1. The highest BCUT2D eigenvalue weighted by molar-refractivity contribution is 5.94. The van der Waals surface area contributed by atoms with Gasteiger partial charge in [-0.25, -0.2) is 4.39 Å². The number of aromatic nitrogens is 1. The standard InChI is InChI=1S/C27H26FN3O3/c28-20-7-5-18(6-8-20)26-23(22-3-1-2-4-24(22)30-26)9-10-25(32)29-21-11-14-31(15-12-21)27(33)19-13-16-34-17-19/h1-8,13,16-17,21,30H,9-12,14-15H2,(H,29,32). The molecule has 1 fully saturated rings. The summed E-state index contributed by atoms with van der Waals surface area (Å²) in [4.78, 5) is 30.5. The maximum atomic E-state index is 13.4. The molecular weight excluding hydrogens is 433 g/mol. The van der Waals surface area contributed by atoms with Crippen molar-refractivity contribution in [3.8, 4) is 11.3 Å². The Hall–Kier alpha value is -3.87. The predicted molar refractivity (Wildman–Crippen MR) is 128 cm³/mol. The number of benzene rings is 2. The molecule has 0 unspecified atom stereocenters. The molecular formula is C27H26FN3O3. The van der Waals surface area contributed by atoms with Crippen LogP contribution in [0.4, 0.5) is 4.39 Å². The van der Waals surface area contributed by atoms with E-state index in [0.717, 1.165) is 40.6 Å². The lowest BCUT2D eigenvalue weighted by molar-refractivity contribution is -0.122. The summed E-state index contributed by atoms with van der Waals surface area (Å²) in [6.45, 7) is 1.21. The fraction of sp³-hybridized carbons (Fsp3) is 0.259. The van der Waals surface area contributed by atoms with Crippen molar-refractivity contribution < 1.29 is 18.4 Å². The van der Waals surface area contributed by atoms with Gasteiger partial charge in [0.25, 0.3) is 5.91 Å². The van der Waals surface area contributed by atoms with Crippen LogP contribution in [-0.4, -0.2) is 40.8 Å². The Morgan fingerprint density at radius 2 is 1.82 bits per heavy atom. The lowest BCUT2D eigenvalue weighted by Gasteiger charge is -2.32. The Bertz CT molecular complexity index is 1290. The number of aryl methyl sites for hydroxylation is 1. The summed E-state index contributed by atoms with van der Waals surface area (Å²) in [6, 6.07) is 16.1. The molecule has 0 atom stereocenters. The van der Waals surface area contributed by atoms with Gasteiger partial charge in [0.2, 0.25) is 5.91 Å². The van der Waals surface area contributed by atoms with Crippen LogP contribution in [0, 0.1) is 5.82 Å². The number of H-pyrrole nitrogens is 1. The van der Waals surface area contributed by atoms with Gasteiger partial charge in [0.05, 0.1) is 11.8 Å². The Kier molecular flexibility index (Phi) is 6.16. The van der Waals surface area contributed by atoms with Crippen molar-refractivity contribution in [3.05, 3.63) is 84.1 Å². The van der Waals surface area contributed by atoms with E-state index in [9.17, 15) is 14.0 Å². The maximum absolute atomic E-state index is 13.4. The first kappa shape index (κ1) is 21.9. The smallest absolute Gasteiger partial charge is 0.257 e. The van der Waals surface area contributed by atoms with Gasteiger partial charge in [-0.15, -0.1) is 0 Å². The number of aromatic amines is 1. The Labute approximate surface area is 196 Å². The highest BCUT2D eigenvalue weighted by Crippen LogP contribution is 2.31. The number of halogens is 1. The van der Waals surface area contributed by atoms with E-state index in [2.05, 4.69) is 10.3 Å². The van der Waals surface area contributed by atoms with Gasteiger partial charge >= 0.3 is 0 Å². The predicted octanol–water partition coefficient (Wildman–Crippen LogP) is 4.92. The molecule has 7 heteroatoms. The number of likely N-dealkylation sites (tertiary alicyclic amines) is 1. The Morgan fingerprint density at radius 3 is 2.56 bits per heavy atom. The van der Waals surface area contributed by atoms with Crippen LogP contribution >= 0.6 is 0 Å². The van der Waals surface area contributed by atoms with Gasteiger partial charge in [-0.05, 0) is 66.8 Å². The quantitative estimate of drug-likeness (QED) is 0.430. The van der Waals surface area contributed by atoms with Gasteiger partial charge in [-0.1, -0.05) is 18.2 Å². The van der Waals surface area contributed by atoms with Crippen LogP contribution in [0.25, 0.3) is 22.2 Å². The Morgan fingerprint density at radius 1 is 1.06 bits per heavy atom. The number of carbonyl (C=O) groups is 2. The number of para-hydroxylation sites is 1. The fourth-order valence-electron chi connectivity index (χ4n) is 4.66. The van der Waals surface area contributed by atoms with E-state index in [1.807, 2.05) is 24.3 Å². The Balaban J connectivity index is 1.21. The zero-order valence-electron chi connectivity index (χ0n) is 18.7. The van der Waals surface area contributed by atoms with E-state index in [1.165, 1.54) is 24.7 Å². The molecule has 174 valence electrons. The molecule has 1 aliphatic rings. The van der Waals surface area contributed by atoms with E-state index >= 15 is 0 Å². The largest absolute Gasteiger partial charge is 0.472 e. The van der Waals surface area contributed by atoms with Crippen LogP contribution in [0.2, 0.25) is 0 Å². The normalized spacial score (nSPS) is 14.4. The monoisotopic (exact) mass is 459 g/mol. The first-order valence-electron chi connectivity index (χ1n) is 11.5. The van der Waals surface area contributed by atoms with Crippen LogP contribution in [0.1, 0.15) is 35.2 Å². The van der Waals surface area contributed by atoms with Gasteiger partial charge in [0.15, 0.2) is 0 Å². The summed E-state index contributed by atoms with van der Waals surface area (Å²) in [5.74, 6) is -0.320. The number of nitrogens with zero attached hydrogens (tertiary/aromatic N) is 1. The second-order valence-corrected chi connectivity index (χ2v) is 8.68. The van der Waals surface area contributed by atoms with Crippen LogP contribution in [0.15, 0.2) is 71.5 Å². The van der Waals surface area contributed by atoms with E-state index in [-0.39, 0.29) is 23.7 Å². The maximum Gasteiger partial charge on any atom is 0.257 e. The molecule has 2 N–H and O–H groups in total. The van der Waals surface area contributed by atoms with E-state index < -0.39 is 0 Å². The summed E-state index contributed by atoms with van der Waals surface area (Å²) in [5, 5.41) is 4.21. The number of nitrogens with one attached hydrogen (secondary N) is 2. The molecule has 2 aromatic carbocycles. The molecule has 6 nitrogen and oxygen atoms in total. The summed E-state index contributed by atoms with van der Waals surface area (Å²) in [7, 11) is 0. The van der Waals surface area contributed by atoms with Crippen molar-refractivity contribution in [2.75, 3.05) is 13.1 Å². The number of piperidine rings is 1. The second-order valence-electron chi connectivity index (χ2n) is 8.68. The number of fused-ring (bicyclic) bond motifs is 1. The third-order valence-corrected chi connectivity index (χ3v) is 6.46. The van der Waals surface area contributed by atoms with Crippen molar-refractivity contribution >= 4 is 22.7 Å². The molecule has 34 heavy (non-hydrogen) atoms. The lowest BCUT2D eigenvalue weighted by Crippen LogP contribution is -2.46. The zero-order chi connectivity index (χ0) is 23.5. The molecule has 0 saturated carbocycles. The van der Waals surface area contributed by atoms with Gasteiger partial charge in [0.1, 0.15) is 12.1 Å². The highest BCUT2D eigenvalue weighted by Gasteiger charge is 2.25. The van der Waals surface area contributed by atoms with Gasteiger partial charge in [0, 0.05) is 42.1 Å². The summed E-state index contributed by atoms with van der Waals surface area (Å²) in [5.41, 5.74) is 4.41. The fourth-order valence-corrected chi connectivity index (χ4v) is 4.66. The zero-order valence-corrected chi connectivity index (χ0v) is 18.7.